The second kappa shape index (κ2) is 10.6. The summed E-state index contributed by atoms with van der Waals surface area (Å²) in [5.41, 5.74) is 5.77. The molecule has 1 amide bonds. The molecule has 5 nitrogen and oxygen atoms in total. The Bertz CT molecular complexity index is 1420. The molecular weight excluding hydrogens is 475 g/mol. The molecule has 198 valence electrons. The van der Waals surface area contributed by atoms with Crippen LogP contribution in [0.5, 0.6) is 0 Å². The summed E-state index contributed by atoms with van der Waals surface area (Å²) in [7, 11) is 0. The highest BCUT2D eigenvalue weighted by atomic mass is 19.1. The van der Waals surface area contributed by atoms with E-state index < -0.39 is 0 Å². The highest BCUT2D eigenvalue weighted by molar-refractivity contribution is 5.97. The Morgan fingerprint density at radius 1 is 1.03 bits per heavy atom. The maximum Gasteiger partial charge on any atom is 0.251 e. The SMILES string of the molecule is CCc1ccc(Nc2nc3cc(C(=O)NCc4ccc(F)cc4)ccc3n2[C@@H]2C[C@H](C)CC(C)(C)C2)cc1. The standard InChI is InChI=1S/C32H37FN4O/c1-5-22-8-13-26(14-9-22)35-31-36-28-17-24(30(38)34-20-23-6-11-25(33)12-7-23)10-15-29(28)37(31)27-16-21(2)18-32(3,4)19-27/h6-15,17,21,27H,5,16,18-20H2,1-4H3,(H,34,38)(H,35,36)/t21-,27+/m0/s1. The fourth-order valence-corrected chi connectivity index (χ4v) is 6.03. The number of rotatable bonds is 7. The molecule has 1 heterocycles. The molecule has 3 aromatic carbocycles. The van der Waals surface area contributed by atoms with Crippen LogP contribution in [0.3, 0.4) is 0 Å². The summed E-state index contributed by atoms with van der Waals surface area (Å²) in [6.45, 7) is 9.54. The lowest BCUT2D eigenvalue weighted by Crippen LogP contribution is -2.29. The molecule has 38 heavy (non-hydrogen) atoms. The summed E-state index contributed by atoms with van der Waals surface area (Å²) < 4.78 is 15.5. The number of benzene rings is 3. The van der Waals surface area contributed by atoms with E-state index in [9.17, 15) is 9.18 Å². The smallest absolute Gasteiger partial charge is 0.251 e. The molecule has 0 spiro atoms. The number of aryl methyl sites for hydroxylation is 1. The molecule has 2 atom stereocenters. The summed E-state index contributed by atoms with van der Waals surface area (Å²) >= 11 is 0. The van der Waals surface area contributed by atoms with Crippen molar-refractivity contribution < 1.29 is 9.18 Å². The van der Waals surface area contributed by atoms with Crippen LogP contribution in [0.25, 0.3) is 11.0 Å². The number of halogens is 1. The summed E-state index contributed by atoms with van der Waals surface area (Å²) in [6, 6.07) is 20.7. The minimum Gasteiger partial charge on any atom is -0.348 e. The van der Waals surface area contributed by atoms with Crippen molar-refractivity contribution in [2.45, 2.75) is 66.0 Å². The van der Waals surface area contributed by atoms with Crippen molar-refractivity contribution in [1.82, 2.24) is 14.9 Å². The minimum atomic E-state index is -0.289. The summed E-state index contributed by atoms with van der Waals surface area (Å²) in [6.07, 6.45) is 4.39. The van der Waals surface area contributed by atoms with E-state index >= 15 is 0 Å². The average Bonchev–Trinajstić information content (AvgIpc) is 3.24. The van der Waals surface area contributed by atoms with Crippen LogP contribution in [-0.2, 0) is 13.0 Å². The molecule has 4 aromatic rings. The molecule has 1 saturated carbocycles. The van der Waals surface area contributed by atoms with Crippen molar-refractivity contribution in [3.63, 3.8) is 0 Å². The van der Waals surface area contributed by atoms with Crippen LogP contribution in [0.4, 0.5) is 16.0 Å². The number of amides is 1. The third-order valence-electron chi connectivity index (χ3n) is 7.67. The first-order valence-electron chi connectivity index (χ1n) is 13.6. The fourth-order valence-electron chi connectivity index (χ4n) is 6.03. The Labute approximate surface area is 224 Å². The van der Waals surface area contributed by atoms with E-state index in [-0.39, 0.29) is 17.1 Å². The van der Waals surface area contributed by atoms with Crippen LogP contribution in [0.2, 0.25) is 0 Å². The van der Waals surface area contributed by atoms with E-state index in [0.29, 0.717) is 24.1 Å². The van der Waals surface area contributed by atoms with Crippen molar-refractivity contribution in [2.24, 2.45) is 11.3 Å². The molecule has 0 bridgehead atoms. The van der Waals surface area contributed by atoms with E-state index in [0.717, 1.165) is 47.5 Å². The third kappa shape index (κ3) is 5.74. The van der Waals surface area contributed by atoms with E-state index in [1.165, 1.54) is 24.1 Å². The van der Waals surface area contributed by atoms with E-state index in [2.05, 4.69) is 67.2 Å². The minimum absolute atomic E-state index is 0.178. The summed E-state index contributed by atoms with van der Waals surface area (Å²) in [5.74, 6) is 0.961. The number of nitrogens with zero attached hydrogens (tertiary/aromatic N) is 2. The van der Waals surface area contributed by atoms with Gasteiger partial charge >= 0.3 is 0 Å². The van der Waals surface area contributed by atoms with Crippen molar-refractivity contribution in [3.8, 4) is 0 Å². The van der Waals surface area contributed by atoms with Gasteiger partial charge in [0.05, 0.1) is 11.0 Å². The monoisotopic (exact) mass is 512 g/mol. The van der Waals surface area contributed by atoms with Crippen LogP contribution in [0.15, 0.2) is 66.7 Å². The Morgan fingerprint density at radius 3 is 2.42 bits per heavy atom. The van der Waals surface area contributed by atoms with Gasteiger partial charge < -0.3 is 15.2 Å². The molecule has 0 radical (unpaired) electrons. The lowest BCUT2D eigenvalue weighted by molar-refractivity contribution is 0.0951. The third-order valence-corrected chi connectivity index (χ3v) is 7.67. The topological polar surface area (TPSA) is 59.0 Å². The van der Waals surface area contributed by atoms with Crippen molar-refractivity contribution >= 4 is 28.6 Å². The highest BCUT2D eigenvalue weighted by Gasteiger charge is 2.34. The molecule has 6 heteroatoms. The first kappa shape index (κ1) is 26.0. The lowest BCUT2D eigenvalue weighted by Gasteiger charge is -2.40. The van der Waals surface area contributed by atoms with Crippen LogP contribution in [-0.4, -0.2) is 15.5 Å². The zero-order chi connectivity index (χ0) is 26.9. The van der Waals surface area contributed by atoms with Crippen molar-refractivity contribution in [3.05, 3.63) is 89.2 Å². The number of carbonyl (C=O) groups is 1. The number of anilines is 2. The zero-order valence-electron chi connectivity index (χ0n) is 22.7. The highest BCUT2D eigenvalue weighted by Crippen LogP contribution is 2.46. The Morgan fingerprint density at radius 2 is 1.74 bits per heavy atom. The van der Waals surface area contributed by atoms with Crippen molar-refractivity contribution in [1.29, 1.82) is 0 Å². The number of aromatic nitrogens is 2. The zero-order valence-corrected chi connectivity index (χ0v) is 22.7. The average molecular weight is 513 g/mol. The molecule has 2 N–H and O–H groups in total. The number of nitrogens with one attached hydrogen (secondary N) is 2. The van der Waals surface area contributed by atoms with Gasteiger partial charge in [0.25, 0.3) is 5.91 Å². The van der Waals surface area contributed by atoms with Crippen LogP contribution in [0, 0.1) is 17.2 Å². The number of hydrogen-bond acceptors (Lipinski definition) is 3. The number of hydrogen-bond donors (Lipinski definition) is 2. The fraction of sp³-hybridized carbons (Fsp3) is 0.375. The summed E-state index contributed by atoms with van der Waals surface area (Å²) in [5, 5.41) is 6.51. The van der Waals surface area contributed by atoms with Gasteiger partial charge in [-0.15, -0.1) is 0 Å². The second-order valence-corrected chi connectivity index (χ2v) is 11.6. The van der Waals surface area contributed by atoms with Gasteiger partial charge in [0, 0.05) is 23.8 Å². The van der Waals surface area contributed by atoms with Crippen LogP contribution >= 0.6 is 0 Å². The number of fused-ring (bicyclic) bond motifs is 1. The molecule has 1 aliphatic carbocycles. The summed E-state index contributed by atoms with van der Waals surface area (Å²) in [4.78, 5) is 18.0. The van der Waals surface area contributed by atoms with Crippen LogP contribution in [0.1, 0.15) is 74.5 Å². The van der Waals surface area contributed by atoms with Gasteiger partial charge in [-0.1, -0.05) is 52.0 Å². The van der Waals surface area contributed by atoms with Crippen LogP contribution < -0.4 is 10.6 Å². The molecule has 1 aliphatic rings. The van der Waals surface area contributed by atoms with Gasteiger partial charge in [0.2, 0.25) is 5.95 Å². The van der Waals surface area contributed by atoms with Gasteiger partial charge in [-0.2, -0.15) is 0 Å². The van der Waals surface area contributed by atoms with Gasteiger partial charge in [-0.05, 0) is 90.6 Å². The first-order chi connectivity index (χ1) is 18.2. The van der Waals surface area contributed by atoms with Gasteiger partial charge in [-0.3, -0.25) is 4.79 Å². The molecular formula is C32H37FN4O. The molecule has 1 aromatic heterocycles. The molecule has 0 saturated heterocycles. The van der Waals surface area contributed by atoms with Crippen molar-refractivity contribution in [2.75, 3.05) is 5.32 Å². The number of carbonyl (C=O) groups excluding carboxylic acids is 1. The molecule has 0 unspecified atom stereocenters. The predicted molar refractivity (Wildman–Crippen MR) is 152 cm³/mol. The molecule has 5 rings (SSSR count). The van der Waals surface area contributed by atoms with Gasteiger partial charge in [-0.25, -0.2) is 9.37 Å². The van der Waals surface area contributed by atoms with Gasteiger partial charge in [0.15, 0.2) is 0 Å². The van der Waals surface area contributed by atoms with E-state index in [1.807, 2.05) is 18.2 Å². The Balaban J connectivity index is 1.47. The largest absolute Gasteiger partial charge is 0.348 e. The Kier molecular flexibility index (Phi) is 7.24. The maximum absolute atomic E-state index is 13.2. The lowest BCUT2D eigenvalue weighted by atomic mass is 9.70. The first-order valence-corrected chi connectivity index (χ1v) is 13.6. The Hall–Kier alpha value is -3.67. The van der Waals surface area contributed by atoms with E-state index in [4.69, 9.17) is 4.98 Å². The second-order valence-electron chi connectivity index (χ2n) is 11.6. The quantitative estimate of drug-likeness (QED) is 0.266. The maximum atomic E-state index is 13.2. The predicted octanol–water partition coefficient (Wildman–Crippen LogP) is 7.80. The molecule has 0 aliphatic heterocycles. The molecule has 1 fully saturated rings. The normalized spacial score (nSPS) is 18.9. The van der Waals surface area contributed by atoms with Gasteiger partial charge in [0.1, 0.15) is 5.82 Å². The number of imidazole rings is 1. The van der Waals surface area contributed by atoms with E-state index in [1.54, 1.807) is 12.1 Å².